The summed E-state index contributed by atoms with van der Waals surface area (Å²) in [6, 6.07) is -0.0214. The molecule has 0 aromatic rings. The monoisotopic (exact) mass is 264 g/mol. The van der Waals surface area contributed by atoms with Crippen molar-refractivity contribution >= 4 is 16.0 Å². The first-order valence-electron chi connectivity index (χ1n) is 5.81. The summed E-state index contributed by atoms with van der Waals surface area (Å²) in [6.07, 6.45) is 2.28. The van der Waals surface area contributed by atoms with Crippen molar-refractivity contribution in [2.75, 3.05) is 26.0 Å². The summed E-state index contributed by atoms with van der Waals surface area (Å²) in [5.41, 5.74) is 0. The quantitative estimate of drug-likeness (QED) is 0.638. The van der Waals surface area contributed by atoms with Crippen LogP contribution in [0.4, 0.5) is 0 Å². The SMILES string of the molecule is COC(=O)CCCS(=O)(=O)NC1CCCNC1. The van der Waals surface area contributed by atoms with Crippen LogP contribution in [0.5, 0.6) is 0 Å². The molecule has 0 aliphatic carbocycles. The number of sulfonamides is 1. The molecule has 1 heterocycles. The topological polar surface area (TPSA) is 84.5 Å². The molecule has 0 amide bonds. The lowest BCUT2D eigenvalue weighted by Gasteiger charge is -2.23. The van der Waals surface area contributed by atoms with Gasteiger partial charge in [-0.25, -0.2) is 13.1 Å². The van der Waals surface area contributed by atoms with Crippen LogP contribution in [-0.4, -0.2) is 46.4 Å². The summed E-state index contributed by atoms with van der Waals surface area (Å²) in [7, 11) is -1.99. The summed E-state index contributed by atoms with van der Waals surface area (Å²) in [4.78, 5) is 10.8. The normalized spacial score (nSPS) is 21.1. The van der Waals surface area contributed by atoms with E-state index in [2.05, 4.69) is 14.8 Å². The Hall–Kier alpha value is -0.660. The largest absolute Gasteiger partial charge is 0.469 e. The van der Waals surface area contributed by atoms with Crippen LogP contribution >= 0.6 is 0 Å². The molecule has 100 valence electrons. The Bertz CT molecular complexity index is 336. The van der Waals surface area contributed by atoms with Gasteiger partial charge >= 0.3 is 5.97 Å². The first-order chi connectivity index (χ1) is 8.03. The fourth-order valence-corrected chi connectivity index (χ4v) is 3.13. The highest BCUT2D eigenvalue weighted by atomic mass is 32.2. The first kappa shape index (κ1) is 14.4. The van der Waals surface area contributed by atoms with E-state index in [1.807, 2.05) is 0 Å². The van der Waals surface area contributed by atoms with Crippen LogP contribution in [0.2, 0.25) is 0 Å². The van der Waals surface area contributed by atoms with Gasteiger partial charge in [0.2, 0.25) is 10.0 Å². The van der Waals surface area contributed by atoms with Crippen LogP contribution in [0.15, 0.2) is 0 Å². The lowest BCUT2D eigenvalue weighted by Crippen LogP contribution is -2.46. The van der Waals surface area contributed by atoms with Crippen LogP contribution in [0.1, 0.15) is 25.7 Å². The zero-order valence-corrected chi connectivity index (χ0v) is 10.9. The average Bonchev–Trinajstić information content (AvgIpc) is 2.29. The van der Waals surface area contributed by atoms with Crippen LogP contribution < -0.4 is 10.0 Å². The Morgan fingerprint density at radius 1 is 1.53 bits per heavy atom. The molecular weight excluding hydrogens is 244 g/mol. The Labute approximate surface area is 102 Å². The van der Waals surface area contributed by atoms with Gasteiger partial charge in [0.1, 0.15) is 0 Å². The van der Waals surface area contributed by atoms with Gasteiger partial charge in [0, 0.05) is 19.0 Å². The number of piperidine rings is 1. The summed E-state index contributed by atoms with van der Waals surface area (Å²) in [5.74, 6) is -0.405. The third-order valence-corrected chi connectivity index (χ3v) is 4.18. The van der Waals surface area contributed by atoms with Gasteiger partial charge in [-0.15, -0.1) is 0 Å². The molecule has 2 N–H and O–H groups in total. The minimum Gasteiger partial charge on any atom is -0.469 e. The van der Waals surface area contributed by atoms with Gasteiger partial charge in [-0.3, -0.25) is 4.79 Å². The lowest BCUT2D eigenvalue weighted by molar-refractivity contribution is -0.140. The highest BCUT2D eigenvalue weighted by Gasteiger charge is 2.19. The summed E-state index contributed by atoms with van der Waals surface area (Å²) in [5, 5.41) is 3.14. The third-order valence-electron chi connectivity index (χ3n) is 2.66. The van der Waals surface area contributed by atoms with Crippen molar-refractivity contribution in [3.63, 3.8) is 0 Å². The molecule has 0 aromatic carbocycles. The molecular formula is C10H20N2O4S. The van der Waals surface area contributed by atoms with Crippen LogP contribution in [0, 0.1) is 0 Å². The Balaban J connectivity index is 2.27. The van der Waals surface area contributed by atoms with Gasteiger partial charge in [0.25, 0.3) is 0 Å². The number of hydrogen-bond donors (Lipinski definition) is 2. The maximum Gasteiger partial charge on any atom is 0.305 e. The first-order valence-corrected chi connectivity index (χ1v) is 7.46. The van der Waals surface area contributed by atoms with Gasteiger partial charge in [-0.2, -0.15) is 0 Å². The van der Waals surface area contributed by atoms with Crippen molar-refractivity contribution in [1.29, 1.82) is 0 Å². The molecule has 7 heteroatoms. The van der Waals surface area contributed by atoms with Crippen molar-refractivity contribution in [3.8, 4) is 0 Å². The summed E-state index contributed by atoms with van der Waals surface area (Å²) < 4.78 is 30.5. The van der Waals surface area contributed by atoms with Gasteiger partial charge in [-0.05, 0) is 25.8 Å². The van der Waals surface area contributed by atoms with Gasteiger partial charge in [0.05, 0.1) is 12.9 Å². The highest BCUT2D eigenvalue weighted by molar-refractivity contribution is 7.89. The molecule has 1 aliphatic rings. The molecule has 0 aromatic heterocycles. The fourth-order valence-electron chi connectivity index (χ4n) is 1.77. The number of carbonyl (C=O) groups excluding carboxylic acids is 1. The molecule has 1 atom stereocenters. The summed E-state index contributed by atoms with van der Waals surface area (Å²) >= 11 is 0. The maximum absolute atomic E-state index is 11.7. The van der Waals surface area contributed by atoms with Crippen molar-refractivity contribution in [2.45, 2.75) is 31.7 Å². The zero-order valence-electron chi connectivity index (χ0n) is 10.1. The standard InChI is InChI=1S/C10H20N2O4S/c1-16-10(13)5-3-7-17(14,15)12-9-4-2-6-11-8-9/h9,11-12H,2-8H2,1H3. The van der Waals surface area contributed by atoms with Crippen molar-refractivity contribution in [1.82, 2.24) is 10.0 Å². The van der Waals surface area contributed by atoms with Crippen molar-refractivity contribution < 1.29 is 17.9 Å². The van der Waals surface area contributed by atoms with Crippen molar-refractivity contribution in [3.05, 3.63) is 0 Å². The number of esters is 1. The van der Waals surface area contributed by atoms with E-state index >= 15 is 0 Å². The molecule has 1 aliphatic heterocycles. The molecule has 1 unspecified atom stereocenters. The Kier molecular flexibility index (Phi) is 5.87. The van der Waals surface area contributed by atoms with E-state index in [1.54, 1.807) is 0 Å². The average molecular weight is 264 g/mol. The van der Waals surface area contributed by atoms with Crippen LogP contribution in [0.3, 0.4) is 0 Å². The second-order valence-electron chi connectivity index (χ2n) is 4.16. The molecule has 17 heavy (non-hydrogen) atoms. The minimum atomic E-state index is -3.28. The molecule has 0 radical (unpaired) electrons. The molecule has 0 bridgehead atoms. The number of carbonyl (C=O) groups is 1. The number of methoxy groups -OCH3 is 1. The molecule has 1 rings (SSSR count). The van der Waals surface area contributed by atoms with E-state index in [4.69, 9.17) is 0 Å². The Morgan fingerprint density at radius 3 is 2.88 bits per heavy atom. The maximum atomic E-state index is 11.7. The number of ether oxygens (including phenoxy) is 1. The zero-order chi connectivity index (χ0) is 12.7. The van der Waals surface area contributed by atoms with Gasteiger partial charge < -0.3 is 10.1 Å². The number of hydrogen-bond acceptors (Lipinski definition) is 5. The van der Waals surface area contributed by atoms with E-state index in [-0.39, 0.29) is 24.2 Å². The predicted molar refractivity (Wildman–Crippen MR) is 64.1 cm³/mol. The molecule has 6 nitrogen and oxygen atoms in total. The van der Waals surface area contributed by atoms with Gasteiger partial charge in [0.15, 0.2) is 0 Å². The van der Waals surface area contributed by atoms with Gasteiger partial charge in [-0.1, -0.05) is 0 Å². The predicted octanol–water partition coefficient (Wildman–Crippen LogP) is -0.389. The number of rotatable bonds is 6. The van der Waals surface area contributed by atoms with Crippen molar-refractivity contribution in [2.24, 2.45) is 0 Å². The van der Waals surface area contributed by atoms with E-state index in [0.717, 1.165) is 19.4 Å². The van der Waals surface area contributed by atoms with Crippen LogP contribution in [0.25, 0.3) is 0 Å². The fraction of sp³-hybridized carbons (Fsp3) is 0.900. The lowest BCUT2D eigenvalue weighted by atomic mass is 10.1. The molecule has 1 saturated heterocycles. The second kappa shape index (κ2) is 6.93. The smallest absolute Gasteiger partial charge is 0.305 e. The summed E-state index contributed by atoms with van der Waals surface area (Å²) in [6.45, 7) is 1.62. The second-order valence-corrected chi connectivity index (χ2v) is 6.03. The molecule has 0 spiro atoms. The number of nitrogens with one attached hydrogen (secondary N) is 2. The molecule has 0 saturated carbocycles. The van der Waals surface area contributed by atoms with E-state index < -0.39 is 10.0 Å². The minimum absolute atomic E-state index is 0.0214. The van der Waals surface area contributed by atoms with Crippen LogP contribution in [-0.2, 0) is 19.6 Å². The molecule has 1 fully saturated rings. The van der Waals surface area contributed by atoms with E-state index in [1.165, 1.54) is 7.11 Å². The Morgan fingerprint density at radius 2 is 2.29 bits per heavy atom. The van der Waals surface area contributed by atoms with E-state index in [0.29, 0.717) is 13.0 Å². The highest BCUT2D eigenvalue weighted by Crippen LogP contribution is 2.04. The third kappa shape index (κ3) is 5.99. The van der Waals surface area contributed by atoms with E-state index in [9.17, 15) is 13.2 Å².